The van der Waals surface area contributed by atoms with Crippen LogP contribution in [0.25, 0.3) is 0 Å². The number of benzene rings is 1. The summed E-state index contributed by atoms with van der Waals surface area (Å²) in [6, 6.07) is 11.4. The monoisotopic (exact) mass is 279 g/mol. The Hall–Kier alpha value is -1.09. The number of hydrogen-bond donors (Lipinski definition) is 1. The minimum atomic E-state index is 0.274. The molecule has 17 heavy (non-hydrogen) atoms. The number of phenols is 1. The van der Waals surface area contributed by atoms with Crippen LogP contribution in [0.2, 0.25) is 0 Å². The summed E-state index contributed by atoms with van der Waals surface area (Å²) in [5.74, 6) is 0.274. The summed E-state index contributed by atoms with van der Waals surface area (Å²) in [6.45, 7) is 0. The third-order valence-electron chi connectivity index (χ3n) is 2.01. The summed E-state index contributed by atoms with van der Waals surface area (Å²) < 4.78 is 1.05. The Morgan fingerprint density at radius 1 is 1.24 bits per heavy atom. The Balaban J connectivity index is 2.23. The van der Waals surface area contributed by atoms with Crippen LogP contribution < -0.4 is 0 Å². The molecule has 2 aromatic rings. The van der Waals surface area contributed by atoms with Crippen molar-refractivity contribution in [3.05, 3.63) is 35.2 Å². The summed E-state index contributed by atoms with van der Waals surface area (Å²) in [7, 11) is 0. The fourth-order valence-corrected chi connectivity index (χ4v) is 3.84. The minimum Gasteiger partial charge on any atom is -0.508 e. The smallest absolute Gasteiger partial charge is 0.117 e. The number of thiophene rings is 1. The molecule has 2 nitrogen and oxygen atoms in total. The first-order chi connectivity index (χ1) is 8.21. The molecule has 0 radical (unpaired) electrons. The maximum Gasteiger partial charge on any atom is 0.117 e. The highest BCUT2D eigenvalue weighted by atomic mass is 32.2. The van der Waals surface area contributed by atoms with Crippen molar-refractivity contribution in [3.63, 3.8) is 0 Å². The van der Waals surface area contributed by atoms with Gasteiger partial charge in [-0.05, 0) is 36.6 Å². The van der Waals surface area contributed by atoms with Crippen molar-refractivity contribution >= 4 is 34.9 Å². The van der Waals surface area contributed by atoms with Crippen LogP contribution in [0, 0.1) is 11.3 Å². The van der Waals surface area contributed by atoms with Crippen molar-refractivity contribution in [2.75, 3.05) is 6.26 Å². The molecule has 0 aliphatic rings. The molecule has 1 aromatic carbocycles. The largest absolute Gasteiger partial charge is 0.508 e. The van der Waals surface area contributed by atoms with Crippen LogP contribution >= 0.6 is 34.9 Å². The van der Waals surface area contributed by atoms with E-state index in [4.69, 9.17) is 5.26 Å². The number of phenolic OH excluding ortho intramolecular Hbond substituents is 1. The first kappa shape index (κ1) is 12.4. The lowest BCUT2D eigenvalue weighted by molar-refractivity contribution is 0.472. The molecule has 0 saturated carbocycles. The van der Waals surface area contributed by atoms with Crippen LogP contribution in [0.3, 0.4) is 0 Å². The van der Waals surface area contributed by atoms with Crippen molar-refractivity contribution in [1.29, 1.82) is 5.26 Å². The Morgan fingerprint density at radius 2 is 2.00 bits per heavy atom. The lowest BCUT2D eigenvalue weighted by atomic mass is 10.3. The van der Waals surface area contributed by atoms with E-state index in [0.717, 1.165) is 14.0 Å². The Labute approximate surface area is 112 Å². The van der Waals surface area contributed by atoms with Gasteiger partial charge in [0.05, 0.1) is 4.21 Å². The predicted octanol–water partition coefficient (Wildman–Crippen LogP) is 4.20. The molecule has 0 aliphatic heterocycles. The molecule has 1 aromatic heterocycles. The predicted molar refractivity (Wildman–Crippen MR) is 73.0 cm³/mol. The molecule has 0 amide bonds. The fourth-order valence-electron chi connectivity index (χ4n) is 1.28. The van der Waals surface area contributed by atoms with E-state index < -0.39 is 0 Å². The SMILES string of the molecule is CSc1cc(O)cc(Sc2ccc(C#N)s2)c1. The maximum atomic E-state index is 9.58. The van der Waals surface area contributed by atoms with E-state index in [-0.39, 0.29) is 5.75 Å². The van der Waals surface area contributed by atoms with E-state index in [1.54, 1.807) is 35.7 Å². The van der Waals surface area contributed by atoms with Gasteiger partial charge in [0, 0.05) is 9.79 Å². The number of hydrogen-bond acceptors (Lipinski definition) is 5. The molecule has 0 atom stereocenters. The standard InChI is InChI=1S/C12H9NOS3/c1-15-10-4-8(14)5-11(6-10)17-12-3-2-9(7-13)16-12/h2-6,14H,1H3. The van der Waals surface area contributed by atoms with Crippen molar-refractivity contribution in [1.82, 2.24) is 0 Å². The van der Waals surface area contributed by atoms with Crippen LogP contribution in [-0.4, -0.2) is 11.4 Å². The lowest BCUT2D eigenvalue weighted by Crippen LogP contribution is -1.74. The van der Waals surface area contributed by atoms with Gasteiger partial charge in [-0.15, -0.1) is 23.1 Å². The first-order valence-electron chi connectivity index (χ1n) is 4.77. The van der Waals surface area contributed by atoms with Gasteiger partial charge in [0.25, 0.3) is 0 Å². The Morgan fingerprint density at radius 3 is 2.65 bits per heavy atom. The Kier molecular flexibility index (Phi) is 4.00. The summed E-state index contributed by atoms with van der Waals surface area (Å²) >= 11 is 4.62. The van der Waals surface area contributed by atoms with Gasteiger partial charge >= 0.3 is 0 Å². The topological polar surface area (TPSA) is 44.0 Å². The van der Waals surface area contributed by atoms with Gasteiger partial charge in [0.2, 0.25) is 0 Å². The molecule has 0 spiro atoms. The van der Waals surface area contributed by atoms with Crippen LogP contribution in [0.1, 0.15) is 4.88 Å². The minimum absolute atomic E-state index is 0.274. The molecular formula is C12H9NOS3. The second-order valence-corrected chi connectivity index (χ2v) is 6.54. The lowest BCUT2D eigenvalue weighted by Gasteiger charge is -2.03. The summed E-state index contributed by atoms with van der Waals surface area (Å²) in [5.41, 5.74) is 0. The van der Waals surface area contributed by atoms with Crippen molar-refractivity contribution < 1.29 is 5.11 Å². The van der Waals surface area contributed by atoms with Crippen LogP contribution in [0.4, 0.5) is 0 Å². The molecule has 0 saturated heterocycles. The second kappa shape index (κ2) is 5.50. The van der Waals surface area contributed by atoms with E-state index in [9.17, 15) is 5.11 Å². The zero-order valence-corrected chi connectivity index (χ0v) is 11.5. The third kappa shape index (κ3) is 3.19. The molecular weight excluding hydrogens is 270 g/mol. The average molecular weight is 279 g/mol. The normalized spacial score (nSPS) is 10.1. The van der Waals surface area contributed by atoms with E-state index in [1.165, 1.54) is 11.3 Å². The van der Waals surface area contributed by atoms with Crippen LogP contribution in [0.15, 0.2) is 44.3 Å². The summed E-state index contributed by atoms with van der Waals surface area (Å²) in [5, 5.41) is 18.3. The summed E-state index contributed by atoms with van der Waals surface area (Å²) in [4.78, 5) is 2.72. The molecule has 0 bridgehead atoms. The van der Waals surface area contributed by atoms with Gasteiger partial charge in [-0.3, -0.25) is 0 Å². The quantitative estimate of drug-likeness (QED) is 0.855. The van der Waals surface area contributed by atoms with Gasteiger partial charge in [-0.25, -0.2) is 0 Å². The zero-order chi connectivity index (χ0) is 12.3. The number of nitrogens with zero attached hydrogens (tertiary/aromatic N) is 1. The van der Waals surface area contributed by atoms with Crippen LogP contribution in [0.5, 0.6) is 5.75 Å². The van der Waals surface area contributed by atoms with E-state index in [0.29, 0.717) is 4.88 Å². The molecule has 1 N–H and O–H groups in total. The number of thioether (sulfide) groups is 1. The van der Waals surface area contributed by atoms with Gasteiger partial charge in [-0.2, -0.15) is 5.26 Å². The van der Waals surface area contributed by atoms with Gasteiger partial charge < -0.3 is 5.11 Å². The molecule has 1 heterocycles. The number of rotatable bonds is 3. The number of aromatic hydroxyl groups is 1. The fraction of sp³-hybridized carbons (Fsp3) is 0.0833. The first-order valence-corrected chi connectivity index (χ1v) is 7.63. The van der Waals surface area contributed by atoms with Crippen molar-refractivity contribution in [3.8, 4) is 11.8 Å². The van der Waals surface area contributed by atoms with E-state index in [1.807, 2.05) is 24.5 Å². The summed E-state index contributed by atoms with van der Waals surface area (Å²) in [6.07, 6.45) is 1.97. The van der Waals surface area contributed by atoms with Gasteiger partial charge in [-0.1, -0.05) is 11.8 Å². The van der Waals surface area contributed by atoms with Crippen molar-refractivity contribution in [2.45, 2.75) is 14.0 Å². The number of nitriles is 1. The van der Waals surface area contributed by atoms with Crippen LogP contribution in [-0.2, 0) is 0 Å². The second-order valence-electron chi connectivity index (χ2n) is 3.20. The van der Waals surface area contributed by atoms with Crippen molar-refractivity contribution in [2.24, 2.45) is 0 Å². The van der Waals surface area contributed by atoms with Gasteiger partial charge in [0.1, 0.15) is 16.7 Å². The molecule has 0 unspecified atom stereocenters. The molecule has 0 fully saturated rings. The third-order valence-corrected chi connectivity index (χ3v) is 4.81. The molecule has 0 aliphatic carbocycles. The highest BCUT2D eigenvalue weighted by Gasteiger charge is 2.04. The van der Waals surface area contributed by atoms with Gasteiger partial charge in [0.15, 0.2) is 0 Å². The Bertz CT molecular complexity index is 571. The highest BCUT2D eigenvalue weighted by molar-refractivity contribution is 8.01. The van der Waals surface area contributed by atoms with E-state index in [2.05, 4.69) is 6.07 Å². The zero-order valence-electron chi connectivity index (χ0n) is 9.01. The molecule has 2 rings (SSSR count). The molecule has 5 heteroatoms. The van der Waals surface area contributed by atoms with E-state index >= 15 is 0 Å². The highest BCUT2D eigenvalue weighted by Crippen LogP contribution is 2.36. The molecule has 86 valence electrons. The average Bonchev–Trinajstić information content (AvgIpc) is 2.76. The maximum absolute atomic E-state index is 9.58.